The van der Waals surface area contributed by atoms with Gasteiger partial charge < -0.3 is 14.8 Å². The summed E-state index contributed by atoms with van der Waals surface area (Å²) >= 11 is 1.42. The Bertz CT molecular complexity index is 1290. The van der Waals surface area contributed by atoms with Gasteiger partial charge in [0.15, 0.2) is 10.9 Å². The number of anilines is 1. The molecule has 0 saturated heterocycles. The topological polar surface area (TPSA) is 104 Å². The monoisotopic (exact) mass is 476 g/mol. The van der Waals surface area contributed by atoms with Gasteiger partial charge in [0, 0.05) is 28.9 Å². The minimum atomic E-state index is -0.370. The first kappa shape index (κ1) is 23.2. The highest BCUT2D eigenvalue weighted by atomic mass is 32.2. The van der Waals surface area contributed by atoms with E-state index in [1.807, 2.05) is 50.2 Å². The standard InChI is InChI=1S/C24H24N6O3S/c1-15-12-16(2)26-24(25-15)34-14-21-22(23(31)27-17-6-5-7-20(13-17)33-4)28-29-30(21)18-8-10-19(32-3)11-9-18/h5-13H,14H2,1-4H3,(H,27,31). The molecule has 9 nitrogen and oxygen atoms in total. The lowest BCUT2D eigenvalue weighted by Crippen LogP contribution is -2.15. The summed E-state index contributed by atoms with van der Waals surface area (Å²) in [4.78, 5) is 22.2. The van der Waals surface area contributed by atoms with Crippen molar-refractivity contribution in [1.29, 1.82) is 0 Å². The van der Waals surface area contributed by atoms with Crippen LogP contribution in [0.1, 0.15) is 27.6 Å². The number of ether oxygens (including phenoxy) is 2. The van der Waals surface area contributed by atoms with Gasteiger partial charge in [0.1, 0.15) is 11.5 Å². The molecule has 0 bridgehead atoms. The second kappa shape index (κ2) is 10.3. The maximum Gasteiger partial charge on any atom is 0.278 e. The van der Waals surface area contributed by atoms with Gasteiger partial charge in [-0.3, -0.25) is 4.79 Å². The van der Waals surface area contributed by atoms with Crippen LogP contribution in [0.5, 0.6) is 11.5 Å². The van der Waals surface area contributed by atoms with Crippen molar-refractivity contribution in [2.24, 2.45) is 0 Å². The quantitative estimate of drug-likeness (QED) is 0.298. The number of nitrogens with zero attached hydrogens (tertiary/aromatic N) is 5. The zero-order valence-electron chi connectivity index (χ0n) is 19.3. The summed E-state index contributed by atoms with van der Waals surface area (Å²) < 4.78 is 12.1. The van der Waals surface area contributed by atoms with E-state index in [1.165, 1.54) is 11.8 Å². The van der Waals surface area contributed by atoms with Gasteiger partial charge in [-0.05, 0) is 56.3 Å². The summed E-state index contributed by atoms with van der Waals surface area (Å²) in [7, 11) is 3.18. The number of hydrogen-bond acceptors (Lipinski definition) is 8. The number of carbonyl (C=O) groups excluding carboxylic acids is 1. The summed E-state index contributed by atoms with van der Waals surface area (Å²) in [6.07, 6.45) is 0. The molecule has 1 amide bonds. The molecule has 0 unspecified atom stereocenters. The van der Waals surface area contributed by atoms with Gasteiger partial charge in [-0.2, -0.15) is 0 Å². The predicted octanol–water partition coefficient (Wildman–Crippen LogP) is 4.24. The fourth-order valence-electron chi connectivity index (χ4n) is 3.32. The Morgan fingerprint density at radius 3 is 2.35 bits per heavy atom. The third kappa shape index (κ3) is 5.34. The smallest absolute Gasteiger partial charge is 0.278 e. The van der Waals surface area contributed by atoms with E-state index in [0.717, 1.165) is 22.8 Å². The Morgan fingerprint density at radius 2 is 1.68 bits per heavy atom. The number of carbonyl (C=O) groups is 1. The molecule has 0 atom stereocenters. The van der Waals surface area contributed by atoms with E-state index in [9.17, 15) is 4.79 Å². The summed E-state index contributed by atoms with van der Waals surface area (Å²) in [5, 5.41) is 12.0. The zero-order chi connectivity index (χ0) is 24.1. The van der Waals surface area contributed by atoms with Crippen LogP contribution in [-0.2, 0) is 5.75 Å². The van der Waals surface area contributed by atoms with Crippen LogP contribution in [0.2, 0.25) is 0 Å². The number of amides is 1. The van der Waals surface area contributed by atoms with Crippen LogP contribution in [0.15, 0.2) is 59.8 Å². The van der Waals surface area contributed by atoms with Crippen molar-refractivity contribution < 1.29 is 14.3 Å². The summed E-state index contributed by atoms with van der Waals surface area (Å²) in [5.41, 5.74) is 3.96. The molecule has 2 heterocycles. The van der Waals surface area contributed by atoms with E-state index in [4.69, 9.17) is 9.47 Å². The maximum absolute atomic E-state index is 13.2. The Labute approximate surface area is 201 Å². The van der Waals surface area contributed by atoms with Gasteiger partial charge in [-0.15, -0.1) is 5.10 Å². The predicted molar refractivity (Wildman–Crippen MR) is 130 cm³/mol. The number of thioether (sulfide) groups is 1. The maximum atomic E-state index is 13.2. The van der Waals surface area contributed by atoms with Crippen LogP contribution in [0.4, 0.5) is 5.69 Å². The van der Waals surface area contributed by atoms with Gasteiger partial charge in [-0.25, -0.2) is 14.6 Å². The van der Waals surface area contributed by atoms with E-state index in [-0.39, 0.29) is 11.6 Å². The normalized spacial score (nSPS) is 10.7. The third-order valence-electron chi connectivity index (χ3n) is 4.92. The van der Waals surface area contributed by atoms with Crippen molar-refractivity contribution in [1.82, 2.24) is 25.0 Å². The van der Waals surface area contributed by atoms with Crippen molar-refractivity contribution >= 4 is 23.4 Å². The molecule has 0 aliphatic carbocycles. The van der Waals surface area contributed by atoms with Crippen LogP contribution >= 0.6 is 11.8 Å². The lowest BCUT2D eigenvalue weighted by molar-refractivity contribution is 0.102. The first-order valence-corrected chi connectivity index (χ1v) is 11.4. The van der Waals surface area contributed by atoms with Crippen molar-refractivity contribution in [2.75, 3.05) is 19.5 Å². The highest BCUT2D eigenvalue weighted by Crippen LogP contribution is 2.25. The summed E-state index contributed by atoms with van der Waals surface area (Å²) in [6, 6.07) is 16.4. The second-order valence-corrected chi connectivity index (χ2v) is 8.35. The van der Waals surface area contributed by atoms with Crippen molar-refractivity contribution in [3.63, 3.8) is 0 Å². The highest BCUT2D eigenvalue weighted by Gasteiger charge is 2.22. The number of nitrogens with one attached hydrogen (secondary N) is 1. The lowest BCUT2D eigenvalue weighted by Gasteiger charge is -2.10. The molecular formula is C24H24N6O3S. The number of hydrogen-bond donors (Lipinski definition) is 1. The number of methoxy groups -OCH3 is 2. The van der Waals surface area contributed by atoms with Crippen LogP contribution in [0.25, 0.3) is 5.69 Å². The molecule has 10 heteroatoms. The Morgan fingerprint density at radius 1 is 0.971 bits per heavy atom. The Kier molecular flexibility index (Phi) is 7.07. The van der Waals surface area contributed by atoms with Crippen molar-refractivity contribution in [3.05, 3.63) is 77.4 Å². The fourth-order valence-corrected chi connectivity index (χ4v) is 4.26. The zero-order valence-corrected chi connectivity index (χ0v) is 20.1. The number of aryl methyl sites for hydroxylation is 2. The minimum absolute atomic E-state index is 0.218. The van der Waals surface area contributed by atoms with Gasteiger partial charge in [-0.1, -0.05) is 23.0 Å². The van der Waals surface area contributed by atoms with E-state index in [2.05, 4.69) is 25.6 Å². The molecule has 0 fully saturated rings. The fraction of sp³-hybridized carbons (Fsp3) is 0.208. The molecule has 0 radical (unpaired) electrons. The van der Waals surface area contributed by atoms with E-state index < -0.39 is 0 Å². The van der Waals surface area contributed by atoms with Gasteiger partial charge in [0.25, 0.3) is 5.91 Å². The third-order valence-corrected chi connectivity index (χ3v) is 5.78. The molecule has 4 rings (SSSR count). The summed E-state index contributed by atoms with van der Waals surface area (Å²) in [6.45, 7) is 3.85. The minimum Gasteiger partial charge on any atom is -0.497 e. The molecule has 1 N–H and O–H groups in total. The average Bonchev–Trinajstić information content (AvgIpc) is 3.26. The number of aromatic nitrogens is 5. The molecule has 0 saturated carbocycles. The number of rotatable bonds is 8. The van der Waals surface area contributed by atoms with Crippen molar-refractivity contribution in [2.45, 2.75) is 24.8 Å². The first-order chi connectivity index (χ1) is 16.5. The average molecular weight is 477 g/mol. The van der Waals surface area contributed by atoms with E-state index in [0.29, 0.717) is 28.0 Å². The second-order valence-electron chi connectivity index (χ2n) is 7.40. The molecule has 2 aromatic heterocycles. The lowest BCUT2D eigenvalue weighted by atomic mass is 10.2. The Balaban J connectivity index is 1.67. The molecule has 34 heavy (non-hydrogen) atoms. The highest BCUT2D eigenvalue weighted by molar-refractivity contribution is 7.98. The van der Waals surface area contributed by atoms with Crippen LogP contribution in [-0.4, -0.2) is 45.1 Å². The van der Waals surface area contributed by atoms with Crippen LogP contribution in [0, 0.1) is 13.8 Å². The van der Waals surface area contributed by atoms with Crippen molar-refractivity contribution in [3.8, 4) is 17.2 Å². The molecule has 4 aromatic rings. The Hall–Kier alpha value is -3.92. The SMILES string of the molecule is COc1ccc(-n2nnc(C(=O)Nc3cccc(OC)c3)c2CSc2nc(C)cc(C)n2)cc1. The summed E-state index contributed by atoms with van der Waals surface area (Å²) in [5.74, 6) is 1.38. The first-order valence-electron chi connectivity index (χ1n) is 10.5. The molecule has 0 aliphatic rings. The van der Waals surface area contributed by atoms with Gasteiger partial charge in [0.2, 0.25) is 0 Å². The van der Waals surface area contributed by atoms with Crippen LogP contribution < -0.4 is 14.8 Å². The van der Waals surface area contributed by atoms with Crippen LogP contribution in [0.3, 0.4) is 0 Å². The number of benzene rings is 2. The van der Waals surface area contributed by atoms with Gasteiger partial charge in [0.05, 0.1) is 25.6 Å². The molecule has 2 aromatic carbocycles. The van der Waals surface area contributed by atoms with Gasteiger partial charge >= 0.3 is 0 Å². The van der Waals surface area contributed by atoms with E-state index >= 15 is 0 Å². The van der Waals surface area contributed by atoms with E-state index in [1.54, 1.807) is 37.1 Å². The molecule has 174 valence electrons. The molecular weight excluding hydrogens is 452 g/mol. The molecule has 0 spiro atoms. The largest absolute Gasteiger partial charge is 0.497 e. The molecule has 0 aliphatic heterocycles.